The molecule has 0 spiro atoms. The summed E-state index contributed by atoms with van der Waals surface area (Å²) in [6.45, 7) is 1.28. The lowest BCUT2D eigenvalue weighted by atomic mass is 10.1. The van der Waals surface area contributed by atoms with Crippen LogP contribution in [0.4, 0.5) is 0 Å². The summed E-state index contributed by atoms with van der Waals surface area (Å²) in [5, 5.41) is 29.7. The predicted molar refractivity (Wildman–Crippen MR) is 101 cm³/mol. The molecule has 0 bridgehead atoms. The monoisotopic (exact) mass is 383 g/mol. The maximum Gasteiger partial charge on any atom is 0.328 e. The average Bonchev–Trinajstić information content (AvgIpc) is 3.11. The van der Waals surface area contributed by atoms with Gasteiger partial charge < -0.3 is 20.6 Å². The molecule has 138 valence electrons. The Bertz CT molecular complexity index is 938. The number of carboxylic acids is 1. The van der Waals surface area contributed by atoms with E-state index in [1.54, 1.807) is 18.2 Å². The van der Waals surface area contributed by atoms with Gasteiger partial charge in [0.05, 0.1) is 17.6 Å². The first-order chi connectivity index (χ1) is 12.9. The van der Waals surface area contributed by atoms with Gasteiger partial charge in [-0.1, -0.05) is 5.92 Å². The van der Waals surface area contributed by atoms with Crippen LogP contribution in [0.5, 0.6) is 0 Å². The summed E-state index contributed by atoms with van der Waals surface area (Å²) in [6.07, 6.45) is -1.22. The van der Waals surface area contributed by atoms with Crippen LogP contribution >= 0.6 is 11.3 Å². The molecule has 2 rings (SSSR count). The smallest absolute Gasteiger partial charge is 0.328 e. The van der Waals surface area contributed by atoms with Crippen molar-refractivity contribution >= 4 is 23.2 Å². The maximum atomic E-state index is 12.1. The summed E-state index contributed by atoms with van der Waals surface area (Å²) in [4.78, 5) is 24.7. The number of thiophene rings is 1. The molecule has 2 atom stereocenters. The van der Waals surface area contributed by atoms with Gasteiger partial charge >= 0.3 is 5.97 Å². The second kappa shape index (κ2) is 9.56. The second-order valence-electron chi connectivity index (χ2n) is 5.53. The van der Waals surface area contributed by atoms with Crippen molar-refractivity contribution in [2.45, 2.75) is 25.7 Å². The van der Waals surface area contributed by atoms with Gasteiger partial charge in [-0.25, -0.2) is 4.79 Å². The van der Waals surface area contributed by atoms with Crippen molar-refractivity contribution in [3.63, 3.8) is 0 Å². The third kappa shape index (κ3) is 5.98. The molecule has 0 aliphatic heterocycles. The number of rotatable bonds is 5. The number of aliphatic carboxylic acids is 1. The molecular weight excluding hydrogens is 366 g/mol. The highest BCUT2D eigenvalue weighted by atomic mass is 32.1. The van der Waals surface area contributed by atoms with Crippen LogP contribution in [-0.4, -0.2) is 39.3 Å². The van der Waals surface area contributed by atoms with Crippen molar-refractivity contribution in [2.75, 3.05) is 0 Å². The van der Waals surface area contributed by atoms with Crippen LogP contribution in [0.25, 0.3) is 0 Å². The number of carbonyl (C=O) groups is 2. The lowest BCUT2D eigenvalue weighted by Crippen LogP contribution is -2.47. The van der Waals surface area contributed by atoms with Gasteiger partial charge in [-0.2, -0.15) is 0 Å². The number of hydrogen-bond donors (Lipinski definition) is 4. The van der Waals surface area contributed by atoms with Gasteiger partial charge in [0.2, 0.25) is 0 Å². The minimum Gasteiger partial charge on any atom is -0.480 e. The fourth-order valence-electron chi connectivity index (χ4n) is 2.04. The first kappa shape index (κ1) is 20.2. The van der Waals surface area contributed by atoms with Gasteiger partial charge in [-0.3, -0.25) is 4.79 Å². The number of benzene rings is 1. The van der Waals surface area contributed by atoms with Crippen molar-refractivity contribution in [3.8, 4) is 23.7 Å². The number of carbonyl (C=O) groups excluding carboxylic acids is 1. The highest BCUT2D eigenvalue weighted by Gasteiger charge is 2.25. The van der Waals surface area contributed by atoms with E-state index in [1.807, 2.05) is 6.07 Å². The van der Waals surface area contributed by atoms with E-state index in [1.165, 1.54) is 30.4 Å². The molecule has 2 aromatic rings. The van der Waals surface area contributed by atoms with E-state index in [-0.39, 0.29) is 12.2 Å². The van der Waals surface area contributed by atoms with Crippen molar-refractivity contribution in [1.29, 1.82) is 0 Å². The van der Waals surface area contributed by atoms with Gasteiger partial charge in [0.25, 0.3) is 5.91 Å². The molecule has 1 amide bonds. The molecule has 0 unspecified atom stereocenters. The average molecular weight is 383 g/mol. The lowest BCUT2D eigenvalue weighted by Gasteiger charge is -2.16. The van der Waals surface area contributed by atoms with Crippen molar-refractivity contribution < 1.29 is 24.9 Å². The Morgan fingerprint density at radius 2 is 1.78 bits per heavy atom. The summed E-state index contributed by atoms with van der Waals surface area (Å²) in [6, 6.07) is 8.51. The van der Waals surface area contributed by atoms with E-state index in [0.717, 1.165) is 9.75 Å². The molecule has 0 fully saturated rings. The Balaban J connectivity index is 2.01. The van der Waals surface area contributed by atoms with Crippen LogP contribution in [-0.2, 0) is 11.4 Å². The molecule has 1 aromatic heterocycles. The highest BCUT2D eigenvalue weighted by molar-refractivity contribution is 7.12. The molecule has 27 heavy (non-hydrogen) atoms. The second-order valence-corrected chi connectivity index (χ2v) is 6.70. The van der Waals surface area contributed by atoms with Gasteiger partial charge in [-0.15, -0.1) is 11.3 Å². The van der Waals surface area contributed by atoms with E-state index in [4.69, 9.17) is 10.2 Å². The Kier molecular flexibility index (Phi) is 7.16. The van der Waals surface area contributed by atoms with Crippen LogP contribution in [0.3, 0.4) is 0 Å². The van der Waals surface area contributed by atoms with E-state index >= 15 is 0 Å². The molecule has 0 radical (unpaired) electrons. The number of aliphatic hydroxyl groups is 2. The minimum atomic E-state index is -1.38. The van der Waals surface area contributed by atoms with E-state index in [9.17, 15) is 14.7 Å². The fourth-order valence-corrected chi connectivity index (χ4v) is 2.77. The standard InChI is InChI=1S/C20H17NO5S/c1-13(23)18(20(25)26)21-19(24)15-8-6-14(7-9-15)4-2-3-5-16-10-11-17(12-22)27-16/h6-11,13,18,22-23H,12H2,1H3,(H,21,24)(H,25,26)/t13-,18+/m1/s1. The molecule has 0 aliphatic carbocycles. The predicted octanol–water partition coefficient (Wildman–Crippen LogP) is 1.21. The molecule has 1 heterocycles. The third-order valence-corrected chi connectivity index (χ3v) is 4.44. The topological polar surface area (TPSA) is 107 Å². The van der Waals surface area contributed by atoms with Crippen LogP contribution < -0.4 is 5.32 Å². The molecule has 0 aliphatic rings. The van der Waals surface area contributed by atoms with Gasteiger partial charge in [0, 0.05) is 16.0 Å². The molecule has 4 N–H and O–H groups in total. The van der Waals surface area contributed by atoms with E-state index < -0.39 is 24.0 Å². The molecule has 0 saturated heterocycles. The highest BCUT2D eigenvalue weighted by Crippen LogP contribution is 2.14. The van der Waals surface area contributed by atoms with Gasteiger partial charge in [0.15, 0.2) is 6.04 Å². The normalized spacial score (nSPS) is 12.0. The van der Waals surface area contributed by atoms with E-state index in [0.29, 0.717) is 5.56 Å². The first-order valence-corrected chi connectivity index (χ1v) is 8.75. The van der Waals surface area contributed by atoms with Crippen molar-refractivity contribution in [1.82, 2.24) is 5.32 Å². The summed E-state index contributed by atoms with van der Waals surface area (Å²) >= 11 is 1.40. The number of aliphatic hydroxyl groups excluding tert-OH is 2. The SMILES string of the molecule is C[C@@H](O)[C@H](NC(=O)c1ccc(C#CC#Cc2ccc(CO)s2)cc1)C(=O)O. The summed E-state index contributed by atoms with van der Waals surface area (Å²) in [5.41, 5.74) is 0.905. The van der Waals surface area contributed by atoms with Gasteiger partial charge in [0.1, 0.15) is 0 Å². The molecule has 7 heteroatoms. The largest absolute Gasteiger partial charge is 0.480 e. The molecule has 6 nitrogen and oxygen atoms in total. The van der Waals surface area contributed by atoms with Crippen LogP contribution in [0.1, 0.15) is 32.6 Å². The zero-order valence-electron chi connectivity index (χ0n) is 14.4. The zero-order valence-corrected chi connectivity index (χ0v) is 15.2. The van der Waals surface area contributed by atoms with Crippen LogP contribution in [0.15, 0.2) is 36.4 Å². The van der Waals surface area contributed by atoms with E-state index in [2.05, 4.69) is 29.0 Å². The summed E-state index contributed by atoms with van der Waals surface area (Å²) in [7, 11) is 0. The minimum absolute atomic E-state index is 0.0115. The van der Waals surface area contributed by atoms with Crippen LogP contribution in [0, 0.1) is 23.7 Å². The first-order valence-electron chi connectivity index (χ1n) is 7.94. The number of nitrogens with one attached hydrogen (secondary N) is 1. The van der Waals surface area contributed by atoms with Crippen molar-refractivity contribution in [2.24, 2.45) is 0 Å². The van der Waals surface area contributed by atoms with Crippen molar-refractivity contribution in [3.05, 3.63) is 57.3 Å². The number of hydrogen-bond acceptors (Lipinski definition) is 5. The lowest BCUT2D eigenvalue weighted by molar-refractivity contribution is -0.141. The number of amides is 1. The van der Waals surface area contributed by atoms with Gasteiger partial charge in [-0.05, 0) is 61.1 Å². The number of carboxylic acid groups (broad SMARTS) is 1. The summed E-state index contributed by atoms with van der Waals surface area (Å²) < 4.78 is 0. The zero-order chi connectivity index (χ0) is 19.8. The quantitative estimate of drug-likeness (QED) is 0.581. The Morgan fingerprint density at radius 1 is 1.11 bits per heavy atom. The third-order valence-electron chi connectivity index (χ3n) is 3.45. The maximum absolute atomic E-state index is 12.1. The molecule has 1 aromatic carbocycles. The Labute approximate surface area is 160 Å². The molecular formula is C20H17NO5S. The van der Waals surface area contributed by atoms with Crippen LogP contribution in [0.2, 0.25) is 0 Å². The molecule has 0 saturated carbocycles. The Morgan fingerprint density at radius 3 is 2.33 bits per heavy atom. The fraction of sp³-hybridized carbons (Fsp3) is 0.200. The summed E-state index contributed by atoms with van der Waals surface area (Å²) in [5.74, 6) is 9.25. The Hall–Kier alpha value is -3.10.